The van der Waals surface area contributed by atoms with E-state index in [2.05, 4.69) is 43.5 Å². The molecule has 2 unspecified atom stereocenters. The molecule has 0 radical (unpaired) electrons. The minimum absolute atomic E-state index is 0.00490. The number of nitrogens with one attached hydrogen (secondary N) is 2. The third-order valence-corrected chi connectivity index (χ3v) is 3.94. The molecule has 2 N–H and O–H groups in total. The average molecular weight is 274 g/mol. The third-order valence-electron chi connectivity index (χ3n) is 3.94. The first-order valence-corrected chi connectivity index (χ1v) is 7.52. The Labute approximate surface area is 122 Å². The van der Waals surface area contributed by atoms with Gasteiger partial charge in [-0.05, 0) is 36.4 Å². The van der Waals surface area contributed by atoms with Gasteiger partial charge in [0.05, 0.1) is 6.04 Å². The molecule has 1 aromatic rings. The molecule has 3 heteroatoms. The van der Waals surface area contributed by atoms with Crippen molar-refractivity contribution in [1.82, 2.24) is 10.6 Å². The monoisotopic (exact) mass is 274 g/mol. The van der Waals surface area contributed by atoms with Crippen molar-refractivity contribution < 1.29 is 4.79 Å². The summed E-state index contributed by atoms with van der Waals surface area (Å²) in [5.74, 6) is 0.661. The summed E-state index contributed by atoms with van der Waals surface area (Å²) in [6, 6.07) is 10.3. The van der Waals surface area contributed by atoms with Crippen LogP contribution in [0.5, 0.6) is 0 Å². The lowest BCUT2D eigenvalue weighted by atomic mass is 9.82. The van der Waals surface area contributed by atoms with Gasteiger partial charge in [0.1, 0.15) is 0 Å². The van der Waals surface area contributed by atoms with Gasteiger partial charge in [0.25, 0.3) is 0 Å². The first kappa shape index (κ1) is 15.0. The van der Waals surface area contributed by atoms with E-state index in [1.54, 1.807) is 0 Å². The second kappa shape index (κ2) is 6.40. The fraction of sp³-hybridized carbons (Fsp3) is 0.588. The lowest BCUT2D eigenvalue weighted by Crippen LogP contribution is -2.37. The Bertz CT molecular complexity index is 430. The zero-order valence-electron chi connectivity index (χ0n) is 12.8. The first-order valence-electron chi connectivity index (χ1n) is 7.52. The van der Waals surface area contributed by atoms with Crippen molar-refractivity contribution in [3.8, 4) is 0 Å². The summed E-state index contributed by atoms with van der Waals surface area (Å²) in [7, 11) is 0. The highest BCUT2D eigenvalue weighted by Crippen LogP contribution is 2.32. The largest absolute Gasteiger partial charge is 0.349 e. The number of hydrogen-bond donors (Lipinski definition) is 2. The Kier molecular flexibility index (Phi) is 4.81. The van der Waals surface area contributed by atoms with E-state index >= 15 is 0 Å². The number of carbonyl (C=O) groups is 1. The summed E-state index contributed by atoms with van der Waals surface area (Å²) in [5.41, 5.74) is 1.18. The van der Waals surface area contributed by atoms with E-state index in [-0.39, 0.29) is 17.4 Å². The molecule has 3 nitrogen and oxygen atoms in total. The van der Waals surface area contributed by atoms with Gasteiger partial charge < -0.3 is 10.6 Å². The Morgan fingerprint density at radius 2 is 2.05 bits per heavy atom. The lowest BCUT2D eigenvalue weighted by Gasteiger charge is -2.32. The van der Waals surface area contributed by atoms with Crippen molar-refractivity contribution in [2.75, 3.05) is 13.1 Å². The molecule has 1 aromatic carbocycles. The van der Waals surface area contributed by atoms with Gasteiger partial charge in [0.2, 0.25) is 5.91 Å². The highest BCUT2D eigenvalue weighted by atomic mass is 16.1. The zero-order chi connectivity index (χ0) is 14.6. The molecule has 1 aliphatic rings. The van der Waals surface area contributed by atoms with Crippen LogP contribution in [0.15, 0.2) is 30.3 Å². The standard InChI is InChI=1S/C17H26N2O/c1-17(2,3)16(14-7-5-4-6-8-14)19-15(20)11-13-9-10-18-12-13/h4-8,13,16,18H,9-12H2,1-3H3,(H,19,20). The molecule has 0 aromatic heterocycles. The quantitative estimate of drug-likeness (QED) is 0.886. The topological polar surface area (TPSA) is 41.1 Å². The maximum atomic E-state index is 12.3. The second-order valence-electron chi connectivity index (χ2n) is 6.84. The van der Waals surface area contributed by atoms with Crippen LogP contribution in [0.2, 0.25) is 0 Å². The molecule has 1 aliphatic heterocycles. The van der Waals surface area contributed by atoms with Crippen LogP contribution in [0, 0.1) is 11.3 Å². The molecular formula is C17H26N2O. The normalized spacial score (nSPS) is 20.6. The smallest absolute Gasteiger partial charge is 0.220 e. The van der Waals surface area contributed by atoms with Gasteiger partial charge in [-0.15, -0.1) is 0 Å². The van der Waals surface area contributed by atoms with Crippen LogP contribution in [0.4, 0.5) is 0 Å². The van der Waals surface area contributed by atoms with Gasteiger partial charge in [-0.1, -0.05) is 51.1 Å². The fourth-order valence-corrected chi connectivity index (χ4v) is 2.82. The molecule has 0 spiro atoms. The molecule has 1 fully saturated rings. The van der Waals surface area contributed by atoms with E-state index in [1.807, 2.05) is 18.2 Å². The SMILES string of the molecule is CC(C)(C)C(NC(=O)CC1CCNC1)c1ccccc1. The van der Waals surface area contributed by atoms with Crippen molar-refractivity contribution >= 4 is 5.91 Å². The number of hydrogen-bond acceptors (Lipinski definition) is 2. The summed E-state index contributed by atoms with van der Waals surface area (Å²) < 4.78 is 0. The second-order valence-corrected chi connectivity index (χ2v) is 6.84. The van der Waals surface area contributed by atoms with E-state index in [9.17, 15) is 4.79 Å². The molecule has 1 heterocycles. The predicted octanol–water partition coefficient (Wildman–Crippen LogP) is 2.89. The molecule has 0 saturated carbocycles. The molecule has 20 heavy (non-hydrogen) atoms. The minimum Gasteiger partial charge on any atom is -0.349 e. The molecule has 1 amide bonds. The van der Waals surface area contributed by atoms with Crippen LogP contribution in [0.1, 0.15) is 45.2 Å². The van der Waals surface area contributed by atoms with E-state index < -0.39 is 0 Å². The number of benzene rings is 1. The molecule has 0 bridgehead atoms. The van der Waals surface area contributed by atoms with Crippen LogP contribution >= 0.6 is 0 Å². The van der Waals surface area contributed by atoms with Crippen LogP contribution in [-0.4, -0.2) is 19.0 Å². The number of amides is 1. The van der Waals surface area contributed by atoms with Gasteiger partial charge in [-0.3, -0.25) is 4.79 Å². The first-order chi connectivity index (χ1) is 9.47. The Morgan fingerprint density at radius 1 is 1.35 bits per heavy atom. The molecule has 2 atom stereocenters. The van der Waals surface area contributed by atoms with E-state index in [0.29, 0.717) is 12.3 Å². The van der Waals surface area contributed by atoms with Gasteiger partial charge in [0.15, 0.2) is 0 Å². The highest BCUT2D eigenvalue weighted by Gasteiger charge is 2.28. The summed E-state index contributed by atoms with van der Waals surface area (Å²) in [4.78, 5) is 12.3. The minimum atomic E-state index is 0.00490. The fourth-order valence-electron chi connectivity index (χ4n) is 2.82. The van der Waals surface area contributed by atoms with E-state index in [1.165, 1.54) is 5.56 Å². The average Bonchev–Trinajstić information content (AvgIpc) is 2.88. The van der Waals surface area contributed by atoms with Crippen molar-refractivity contribution in [2.24, 2.45) is 11.3 Å². The van der Waals surface area contributed by atoms with Gasteiger partial charge in [-0.25, -0.2) is 0 Å². The van der Waals surface area contributed by atoms with Crippen molar-refractivity contribution in [3.63, 3.8) is 0 Å². The molecule has 2 rings (SSSR count). The molecule has 0 aliphatic carbocycles. The lowest BCUT2D eigenvalue weighted by molar-refractivity contribution is -0.123. The molecule has 1 saturated heterocycles. The summed E-state index contributed by atoms with van der Waals surface area (Å²) >= 11 is 0. The number of carbonyl (C=O) groups excluding carboxylic acids is 1. The third kappa shape index (κ3) is 4.07. The van der Waals surface area contributed by atoms with Crippen LogP contribution in [0.3, 0.4) is 0 Å². The van der Waals surface area contributed by atoms with Crippen LogP contribution < -0.4 is 10.6 Å². The zero-order valence-corrected chi connectivity index (χ0v) is 12.8. The maximum Gasteiger partial charge on any atom is 0.220 e. The Morgan fingerprint density at radius 3 is 2.60 bits per heavy atom. The van der Waals surface area contributed by atoms with Gasteiger partial charge in [0, 0.05) is 6.42 Å². The van der Waals surface area contributed by atoms with Crippen molar-refractivity contribution in [2.45, 2.75) is 39.7 Å². The van der Waals surface area contributed by atoms with E-state index in [4.69, 9.17) is 0 Å². The van der Waals surface area contributed by atoms with Crippen molar-refractivity contribution in [3.05, 3.63) is 35.9 Å². The Balaban J connectivity index is 2.03. The predicted molar refractivity (Wildman–Crippen MR) is 82.4 cm³/mol. The van der Waals surface area contributed by atoms with Crippen LogP contribution in [-0.2, 0) is 4.79 Å². The molecule has 110 valence electrons. The number of rotatable bonds is 4. The summed E-state index contributed by atoms with van der Waals surface area (Å²) in [6.45, 7) is 8.52. The van der Waals surface area contributed by atoms with Crippen LogP contribution in [0.25, 0.3) is 0 Å². The van der Waals surface area contributed by atoms with Gasteiger partial charge >= 0.3 is 0 Å². The highest BCUT2D eigenvalue weighted by molar-refractivity contribution is 5.76. The Hall–Kier alpha value is -1.35. The van der Waals surface area contributed by atoms with Gasteiger partial charge in [-0.2, -0.15) is 0 Å². The summed E-state index contributed by atoms with van der Waals surface area (Å²) in [5, 5.41) is 6.55. The molecular weight excluding hydrogens is 248 g/mol. The van der Waals surface area contributed by atoms with E-state index in [0.717, 1.165) is 19.5 Å². The maximum absolute atomic E-state index is 12.3. The summed E-state index contributed by atoms with van der Waals surface area (Å²) in [6.07, 6.45) is 1.74. The van der Waals surface area contributed by atoms with Crippen molar-refractivity contribution in [1.29, 1.82) is 0 Å².